The van der Waals surface area contributed by atoms with Crippen LogP contribution >= 0.6 is 0 Å². The van der Waals surface area contributed by atoms with Gasteiger partial charge in [0.15, 0.2) is 0 Å². The van der Waals surface area contributed by atoms with Crippen molar-refractivity contribution in [3.05, 3.63) is 29.8 Å². The first-order valence-corrected chi connectivity index (χ1v) is 7.59. The number of rotatable bonds is 6. The third-order valence-electron chi connectivity index (χ3n) is 3.94. The molecule has 110 valence electrons. The van der Waals surface area contributed by atoms with E-state index < -0.39 is 0 Å². The topological polar surface area (TPSA) is 44.4 Å². The zero-order chi connectivity index (χ0) is 14.4. The molecule has 0 aliphatic carbocycles. The second-order valence-electron chi connectivity index (χ2n) is 5.26. The Hall–Kier alpha value is -1.39. The van der Waals surface area contributed by atoms with Crippen molar-refractivity contribution in [2.24, 2.45) is 0 Å². The van der Waals surface area contributed by atoms with Crippen molar-refractivity contribution >= 4 is 11.6 Å². The maximum absolute atomic E-state index is 12.2. The number of para-hydroxylation sites is 1. The summed E-state index contributed by atoms with van der Waals surface area (Å²) in [5.74, 6) is 0.0921. The van der Waals surface area contributed by atoms with Gasteiger partial charge >= 0.3 is 0 Å². The van der Waals surface area contributed by atoms with Gasteiger partial charge in [-0.15, -0.1) is 0 Å². The number of hydrogen-bond donors (Lipinski definition) is 2. The summed E-state index contributed by atoms with van der Waals surface area (Å²) in [6.07, 6.45) is 2.02. The summed E-state index contributed by atoms with van der Waals surface area (Å²) >= 11 is 0. The van der Waals surface area contributed by atoms with Gasteiger partial charge in [-0.2, -0.15) is 0 Å². The SMILES string of the molecule is CCN(CC)Cc1ccccc1NC(=O)C1CCCN1. The molecule has 2 N–H and O–H groups in total. The molecule has 0 bridgehead atoms. The lowest BCUT2D eigenvalue weighted by Gasteiger charge is -2.21. The van der Waals surface area contributed by atoms with Crippen molar-refractivity contribution in [2.75, 3.05) is 25.0 Å². The smallest absolute Gasteiger partial charge is 0.241 e. The number of carbonyl (C=O) groups is 1. The summed E-state index contributed by atoms with van der Waals surface area (Å²) in [4.78, 5) is 14.6. The summed E-state index contributed by atoms with van der Waals surface area (Å²) in [6.45, 7) is 8.17. The molecule has 1 amide bonds. The molecular formula is C16H25N3O. The molecule has 0 radical (unpaired) electrons. The molecule has 1 aliphatic heterocycles. The van der Waals surface area contributed by atoms with Crippen molar-refractivity contribution in [3.63, 3.8) is 0 Å². The fraction of sp³-hybridized carbons (Fsp3) is 0.562. The van der Waals surface area contributed by atoms with E-state index in [0.29, 0.717) is 0 Å². The molecule has 1 aliphatic rings. The van der Waals surface area contributed by atoms with Gasteiger partial charge in [0, 0.05) is 12.2 Å². The average molecular weight is 275 g/mol. The standard InChI is InChI=1S/C16H25N3O/c1-3-19(4-2)12-13-8-5-6-9-14(13)18-16(20)15-10-7-11-17-15/h5-6,8-9,15,17H,3-4,7,10-12H2,1-2H3,(H,18,20). The van der Waals surface area contributed by atoms with Gasteiger partial charge in [0.1, 0.15) is 0 Å². The molecule has 20 heavy (non-hydrogen) atoms. The summed E-state index contributed by atoms with van der Waals surface area (Å²) in [5.41, 5.74) is 2.13. The first kappa shape index (κ1) is 15.0. The number of benzene rings is 1. The Kier molecular flexibility index (Phi) is 5.56. The van der Waals surface area contributed by atoms with Gasteiger partial charge in [0.05, 0.1) is 6.04 Å². The summed E-state index contributed by atoms with van der Waals surface area (Å²) in [7, 11) is 0. The van der Waals surface area contributed by atoms with E-state index in [2.05, 4.69) is 35.4 Å². The second-order valence-corrected chi connectivity index (χ2v) is 5.26. The van der Waals surface area contributed by atoms with Crippen molar-refractivity contribution in [3.8, 4) is 0 Å². The first-order chi connectivity index (χ1) is 9.74. The number of anilines is 1. The zero-order valence-electron chi connectivity index (χ0n) is 12.5. The molecule has 4 nitrogen and oxygen atoms in total. The monoisotopic (exact) mass is 275 g/mol. The number of carbonyl (C=O) groups excluding carboxylic acids is 1. The minimum Gasteiger partial charge on any atom is -0.324 e. The van der Waals surface area contributed by atoms with Crippen LogP contribution in [0.2, 0.25) is 0 Å². The number of amides is 1. The molecule has 1 fully saturated rings. The van der Waals surface area contributed by atoms with E-state index in [-0.39, 0.29) is 11.9 Å². The van der Waals surface area contributed by atoms with Crippen LogP contribution in [0, 0.1) is 0 Å². The zero-order valence-corrected chi connectivity index (χ0v) is 12.5. The van der Waals surface area contributed by atoms with Gasteiger partial charge in [-0.25, -0.2) is 0 Å². The van der Waals surface area contributed by atoms with Crippen LogP contribution in [0.4, 0.5) is 5.69 Å². The van der Waals surface area contributed by atoms with Gasteiger partial charge in [0.2, 0.25) is 5.91 Å². The third kappa shape index (κ3) is 3.81. The van der Waals surface area contributed by atoms with E-state index >= 15 is 0 Å². The minimum atomic E-state index is -0.0310. The highest BCUT2D eigenvalue weighted by Gasteiger charge is 2.22. The largest absolute Gasteiger partial charge is 0.324 e. The molecule has 0 saturated carbocycles. The van der Waals surface area contributed by atoms with Gasteiger partial charge in [-0.3, -0.25) is 9.69 Å². The highest BCUT2D eigenvalue weighted by atomic mass is 16.2. The van der Waals surface area contributed by atoms with Crippen molar-refractivity contribution in [1.29, 1.82) is 0 Å². The van der Waals surface area contributed by atoms with Crippen LogP contribution in [-0.2, 0) is 11.3 Å². The Balaban J connectivity index is 2.05. The molecule has 0 spiro atoms. The number of nitrogens with one attached hydrogen (secondary N) is 2. The van der Waals surface area contributed by atoms with E-state index in [1.54, 1.807) is 0 Å². The maximum Gasteiger partial charge on any atom is 0.241 e. The van der Waals surface area contributed by atoms with Gasteiger partial charge in [0.25, 0.3) is 0 Å². The third-order valence-corrected chi connectivity index (χ3v) is 3.94. The van der Waals surface area contributed by atoms with E-state index in [1.165, 1.54) is 5.56 Å². The molecule has 1 saturated heterocycles. The van der Waals surface area contributed by atoms with Crippen LogP contribution in [0.5, 0.6) is 0 Å². The van der Waals surface area contributed by atoms with Crippen LogP contribution in [0.25, 0.3) is 0 Å². The Morgan fingerprint density at radius 3 is 2.75 bits per heavy atom. The molecule has 1 heterocycles. The van der Waals surface area contributed by atoms with Gasteiger partial charge in [-0.1, -0.05) is 32.0 Å². The van der Waals surface area contributed by atoms with Crippen LogP contribution in [0.15, 0.2) is 24.3 Å². The van der Waals surface area contributed by atoms with Crippen LogP contribution in [0.1, 0.15) is 32.3 Å². The molecule has 1 aromatic carbocycles. The summed E-state index contributed by atoms with van der Waals surface area (Å²) in [6, 6.07) is 8.06. The summed E-state index contributed by atoms with van der Waals surface area (Å²) < 4.78 is 0. The Bertz CT molecular complexity index is 437. The van der Waals surface area contributed by atoms with Gasteiger partial charge in [-0.05, 0) is 44.1 Å². The average Bonchev–Trinajstić information content (AvgIpc) is 3.00. The van der Waals surface area contributed by atoms with Crippen LogP contribution in [0.3, 0.4) is 0 Å². The van der Waals surface area contributed by atoms with Crippen LogP contribution in [-0.4, -0.2) is 36.5 Å². The predicted molar refractivity (Wildman–Crippen MR) is 82.7 cm³/mol. The quantitative estimate of drug-likeness (QED) is 0.836. The molecule has 0 aromatic heterocycles. The van der Waals surface area contributed by atoms with E-state index in [0.717, 1.165) is 44.7 Å². The van der Waals surface area contributed by atoms with Crippen molar-refractivity contribution in [2.45, 2.75) is 39.3 Å². The second kappa shape index (κ2) is 7.41. The lowest BCUT2D eigenvalue weighted by atomic mass is 10.1. The molecule has 4 heteroatoms. The predicted octanol–water partition coefficient (Wildman–Crippen LogP) is 2.22. The Morgan fingerprint density at radius 2 is 2.10 bits per heavy atom. The number of nitrogens with zero attached hydrogens (tertiary/aromatic N) is 1. The van der Waals surface area contributed by atoms with Gasteiger partial charge < -0.3 is 10.6 Å². The fourth-order valence-corrected chi connectivity index (χ4v) is 2.60. The lowest BCUT2D eigenvalue weighted by Crippen LogP contribution is -2.36. The maximum atomic E-state index is 12.2. The Morgan fingerprint density at radius 1 is 1.35 bits per heavy atom. The first-order valence-electron chi connectivity index (χ1n) is 7.59. The fourth-order valence-electron chi connectivity index (χ4n) is 2.60. The highest BCUT2D eigenvalue weighted by Crippen LogP contribution is 2.18. The normalized spacial score (nSPS) is 18.4. The number of hydrogen-bond acceptors (Lipinski definition) is 3. The van der Waals surface area contributed by atoms with E-state index in [1.807, 2.05) is 18.2 Å². The van der Waals surface area contributed by atoms with E-state index in [4.69, 9.17) is 0 Å². The lowest BCUT2D eigenvalue weighted by molar-refractivity contribution is -0.117. The summed E-state index contributed by atoms with van der Waals surface area (Å²) in [5, 5.41) is 6.31. The van der Waals surface area contributed by atoms with Crippen molar-refractivity contribution in [1.82, 2.24) is 10.2 Å². The van der Waals surface area contributed by atoms with Crippen molar-refractivity contribution < 1.29 is 4.79 Å². The Labute approximate surface area is 121 Å². The molecular weight excluding hydrogens is 250 g/mol. The molecule has 1 atom stereocenters. The van der Waals surface area contributed by atoms with Crippen LogP contribution < -0.4 is 10.6 Å². The minimum absolute atomic E-state index is 0.0310. The molecule has 1 unspecified atom stereocenters. The molecule has 2 rings (SSSR count). The highest BCUT2D eigenvalue weighted by molar-refractivity contribution is 5.95. The van der Waals surface area contributed by atoms with E-state index in [9.17, 15) is 4.79 Å². The molecule has 1 aromatic rings.